The number of rotatable bonds is 9. The van der Waals surface area contributed by atoms with Gasteiger partial charge in [0.25, 0.3) is 0 Å². The van der Waals surface area contributed by atoms with Gasteiger partial charge in [-0.3, -0.25) is 0 Å². The molecule has 0 spiro atoms. The molecular formula is C14H29NOS. The zero-order valence-corrected chi connectivity index (χ0v) is 12.5. The van der Waals surface area contributed by atoms with Crippen LogP contribution >= 0.6 is 11.8 Å². The van der Waals surface area contributed by atoms with Gasteiger partial charge in [-0.25, -0.2) is 0 Å². The molecular weight excluding hydrogens is 230 g/mol. The van der Waals surface area contributed by atoms with E-state index >= 15 is 0 Å². The van der Waals surface area contributed by atoms with Crippen molar-refractivity contribution in [2.45, 2.75) is 46.1 Å². The topological polar surface area (TPSA) is 21.3 Å². The lowest BCUT2D eigenvalue weighted by Crippen LogP contribution is -2.39. The fourth-order valence-electron chi connectivity index (χ4n) is 2.09. The Morgan fingerprint density at radius 2 is 2.24 bits per heavy atom. The highest BCUT2D eigenvalue weighted by molar-refractivity contribution is 7.99. The van der Waals surface area contributed by atoms with E-state index in [9.17, 15) is 0 Å². The highest BCUT2D eigenvalue weighted by Crippen LogP contribution is 2.21. The third-order valence-corrected chi connectivity index (χ3v) is 4.45. The van der Waals surface area contributed by atoms with Crippen LogP contribution in [-0.4, -0.2) is 37.3 Å². The van der Waals surface area contributed by atoms with E-state index in [-0.39, 0.29) is 0 Å². The Hall–Kier alpha value is 0.270. The monoisotopic (exact) mass is 259 g/mol. The lowest BCUT2D eigenvalue weighted by molar-refractivity contribution is 0.179. The molecule has 2 atom stereocenters. The summed E-state index contributed by atoms with van der Waals surface area (Å²) < 4.78 is 5.51. The van der Waals surface area contributed by atoms with Gasteiger partial charge in [-0.1, -0.05) is 20.8 Å². The number of hydrogen-bond acceptors (Lipinski definition) is 3. The van der Waals surface area contributed by atoms with E-state index in [1.54, 1.807) is 0 Å². The number of nitrogens with one attached hydrogen (secondary N) is 1. The molecule has 0 aromatic rings. The Bertz CT molecular complexity index is 181. The highest BCUT2D eigenvalue weighted by atomic mass is 32.2. The van der Waals surface area contributed by atoms with Crippen LogP contribution in [0.5, 0.6) is 0 Å². The minimum Gasteiger partial charge on any atom is -0.381 e. The quantitative estimate of drug-likeness (QED) is 0.643. The van der Waals surface area contributed by atoms with Gasteiger partial charge in [-0.2, -0.15) is 11.8 Å². The van der Waals surface area contributed by atoms with Crippen LogP contribution in [0.1, 0.15) is 40.0 Å². The van der Waals surface area contributed by atoms with Crippen LogP contribution in [0, 0.1) is 11.8 Å². The van der Waals surface area contributed by atoms with Gasteiger partial charge in [0.15, 0.2) is 0 Å². The second kappa shape index (κ2) is 9.23. The molecule has 0 aromatic carbocycles. The maximum absolute atomic E-state index is 5.51. The molecule has 1 fully saturated rings. The molecule has 0 aromatic heterocycles. The minimum atomic E-state index is 0.662. The van der Waals surface area contributed by atoms with Crippen molar-refractivity contribution in [2.75, 3.05) is 31.3 Å². The molecule has 1 saturated heterocycles. The fourth-order valence-corrected chi connectivity index (χ4v) is 3.54. The molecule has 0 saturated carbocycles. The summed E-state index contributed by atoms with van der Waals surface area (Å²) in [4.78, 5) is 0. The third-order valence-electron chi connectivity index (χ3n) is 3.33. The van der Waals surface area contributed by atoms with Crippen molar-refractivity contribution in [1.82, 2.24) is 5.32 Å². The van der Waals surface area contributed by atoms with E-state index in [4.69, 9.17) is 4.74 Å². The third kappa shape index (κ3) is 6.68. The first kappa shape index (κ1) is 15.3. The molecule has 0 aliphatic carbocycles. The van der Waals surface area contributed by atoms with Crippen LogP contribution in [0.4, 0.5) is 0 Å². The summed E-state index contributed by atoms with van der Waals surface area (Å²) in [5.74, 6) is 4.13. The second-order valence-electron chi connectivity index (χ2n) is 5.44. The van der Waals surface area contributed by atoms with Gasteiger partial charge in [-0.05, 0) is 37.5 Å². The molecule has 1 aliphatic heterocycles. The van der Waals surface area contributed by atoms with Gasteiger partial charge in [0.2, 0.25) is 0 Å². The zero-order valence-electron chi connectivity index (χ0n) is 11.7. The molecule has 1 heterocycles. The highest BCUT2D eigenvalue weighted by Gasteiger charge is 2.24. The van der Waals surface area contributed by atoms with Crippen molar-refractivity contribution < 1.29 is 4.74 Å². The van der Waals surface area contributed by atoms with Gasteiger partial charge in [0.1, 0.15) is 0 Å². The van der Waals surface area contributed by atoms with Crippen LogP contribution < -0.4 is 5.32 Å². The van der Waals surface area contributed by atoms with Crippen LogP contribution in [0.15, 0.2) is 0 Å². The maximum Gasteiger partial charge on any atom is 0.0510 e. The SMILES string of the molecule is CCCNC(CSCCC(C)C)C1CCOC1. The smallest absolute Gasteiger partial charge is 0.0510 e. The van der Waals surface area contributed by atoms with Crippen LogP contribution in [0.2, 0.25) is 0 Å². The average Bonchev–Trinajstić information content (AvgIpc) is 2.81. The molecule has 1 N–H and O–H groups in total. The van der Waals surface area contributed by atoms with E-state index in [1.807, 2.05) is 0 Å². The van der Waals surface area contributed by atoms with Crippen molar-refractivity contribution in [3.8, 4) is 0 Å². The average molecular weight is 259 g/mol. The number of thioether (sulfide) groups is 1. The predicted molar refractivity (Wildman–Crippen MR) is 77.8 cm³/mol. The van der Waals surface area contributed by atoms with Crippen molar-refractivity contribution >= 4 is 11.8 Å². The second-order valence-corrected chi connectivity index (χ2v) is 6.59. The van der Waals surface area contributed by atoms with Crippen molar-refractivity contribution in [3.63, 3.8) is 0 Å². The van der Waals surface area contributed by atoms with Crippen molar-refractivity contribution in [1.29, 1.82) is 0 Å². The molecule has 3 heteroatoms. The first-order valence-electron chi connectivity index (χ1n) is 7.13. The number of hydrogen-bond donors (Lipinski definition) is 1. The molecule has 102 valence electrons. The van der Waals surface area contributed by atoms with Crippen molar-refractivity contribution in [3.05, 3.63) is 0 Å². The van der Waals surface area contributed by atoms with E-state index < -0.39 is 0 Å². The molecule has 0 bridgehead atoms. The summed E-state index contributed by atoms with van der Waals surface area (Å²) in [6, 6.07) is 0.662. The Morgan fingerprint density at radius 3 is 2.82 bits per heavy atom. The van der Waals surface area contributed by atoms with Crippen LogP contribution in [0.3, 0.4) is 0 Å². The van der Waals surface area contributed by atoms with E-state index in [0.717, 1.165) is 31.6 Å². The van der Waals surface area contributed by atoms with Crippen molar-refractivity contribution in [2.24, 2.45) is 11.8 Å². The molecule has 1 aliphatic rings. The number of ether oxygens (including phenoxy) is 1. The summed E-state index contributed by atoms with van der Waals surface area (Å²) in [5, 5.41) is 3.70. The zero-order chi connectivity index (χ0) is 12.5. The molecule has 0 amide bonds. The van der Waals surface area contributed by atoms with Gasteiger partial charge < -0.3 is 10.1 Å². The van der Waals surface area contributed by atoms with Gasteiger partial charge in [0, 0.05) is 24.3 Å². The maximum atomic E-state index is 5.51. The lowest BCUT2D eigenvalue weighted by atomic mass is 10.0. The van der Waals surface area contributed by atoms with Crippen LogP contribution in [0.25, 0.3) is 0 Å². The Labute approximate surface area is 111 Å². The first-order valence-corrected chi connectivity index (χ1v) is 8.28. The molecule has 1 rings (SSSR count). The Balaban J connectivity index is 2.20. The summed E-state index contributed by atoms with van der Waals surface area (Å²) in [6.07, 6.45) is 3.80. The van der Waals surface area contributed by atoms with Gasteiger partial charge in [-0.15, -0.1) is 0 Å². The normalized spacial score (nSPS) is 22.2. The summed E-state index contributed by atoms with van der Waals surface area (Å²) in [5.41, 5.74) is 0. The fraction of sp³-hybridized carbons (Fsp3) is 1.00. The van der Waals surface area contributed by atoms with E-state index in [0.29, 0.717) is 6.04 Å². The molecule has 17 heavy (non-hydrogen) atoms. The van der Waals surface area contributed by atoms with Gasteiger partial charge in [0.05, 0.1) is 6.61 Å². The van der Waals surface area contributed by atoms with Gasteiger partial charge >= 0.3 is 0 Å². The Morgan fingerprint density at radius 1 is 1.41 bits per heavy atom. The van der Waals surface area contributed by atoms with E-state index in [1.165, 1.54) is 30.8 Å². The van der Waals surface area contributed by atoms with E-state index in [2.05, 4.69) is 37.8 Å². The standard InChI is InChI=1S/C14H29NOS/c1-4-7-15-14(13-5-8-16-10-13)11-17-9-6-12(2)3/h12-15H,4-11H2,1-3H3. The molecule has 2 unspecified atom stereocenters. The summed E-state index contributed by atoms with van der Waals surface area (Å²) in [6.45, 7) is 9.92. The minimum absolute atomic E-state index is 0.662. The first-order chi connectivity index (χ1) is 8.24. The lowest BCUT2D eigenvalue weighted by Gasteiger charge is -2.23. The largest absolute Gasteiger partial charge is 0.381 e. The Kier molecular flexibility index (Phi) is 8.33. The van der Waals surface area contributed by atoms with Crippen LogP contribution in [-0.2, 0) is 4.74 Å². The molecule has 2 nitrogen and oxygen atoms in total. The molecule has 0 radical (unpaired) electrons. The summed E-state index contributed by atoms with van der Waals surface area (Å²) >= 11 is 2.11. The summed E-state index contributed by atoms with van der Waals surface area (Å²) in [7, 11) is 0. The predicted octanol–water partition coefficient (Wildman–Crippen LogP) is 3.17.